The number of nitrogens with zero attached hydrogens (tertiary/aromatic N) is 5. The number of carbonyl (C=O) groups excluding carboxylic acids is 2. The van der Waals surface area contributed by atoms with Crippen LogP contribution in [-0.4, -0.2) is 51.3 Å². The van der Waals surface area contributed by atoms with Crippen molar-refractivity contribution in [3.05, 3.63) is 53.1 Å². The molecule has 3 aromatic rings. The number of aryl methyl sites for hydroxylation is 1. The average Bonchev–Trinajstić information content (AvgIpc) is 3.36. The molecule has 1 N–H and O–H groups in total. The third-order valence-electron chi connectivity index (χ3n) is 6.37. The molecule has 4 rings (SSSR count). The highest BCUT2D eigenvalue weighted by Crippen LogP contribution is 2.30. The molecular formula is C25H29FN6O4. The zero-order valence-electron chi connectivity index (χ0n) is 20.5. The maximum Gasteiger partial charge on any atom is 0.308 e. The largest absolute Gasteiger partial charge is 0.494 e. The molecule has 36 heavy (non-hydrogen) atoms. The Hall–Kier alpha value is -3.89. The van der Waals surface area contributed by atoms with Gasteiger partial charge in [-0.05, 0) is 73.6 Å². The molecule has 1 fully saturated rings. The fraction of sp³-hybridized carbons (Fsp3) is 0.440. The van der Waals surface area contributed by atoms with E-state index in [1.807, 2.05) is 0 Å². The first-order valence-corrected chi connectivity index (χ1v) is 11.8. The minimum absolute atomic E-state index is 0.0278. The van der Waals surface area contributed by atoms with Crippen molar-refractivity contribution in [2.24, 2.45) is 11.8 Å². The summed E-state index contributed by atoms with van der Waals surface area (Å²) in [5.74, 6) is -0.132. The monoisotopic (exact) mass is 496 g/mol. The van der Waals surface area contributed by atoms with Crippen molar-refractivity contribution in [1.29, 1.82) is 0 Å². The molecule has 190 valence electrons. The standard InChI is InChI=1S/C25H29FN6O4/c1-15-10-19(12-21(28-15)24(33)27-13-17-6-9-20(26)22(11-17)35-2)23-29-31-32(30-23)14-16-4-7-18(8-5-16)25(34)36-3/h6,9-12,16,18H,4-5,7-8,13-14H2,1-3H3,(H,27,33)/t16-,18-. The lowest BCUT2D eigenvalue weighted by Crippen LogP contribution is -2.25. The molecule has 10 nitrogen and oxygen atoms in total. The Balaban J connectivity index is 1.39. The minimum atomic E-state index is -0.466. The molecule has 1 amide bonds. The van der Waals surface area contributed by atoms with Gasteiger partial charge in [-0.1, -0.05) is 6.07 Å². The van der Waals surface area contributed by atoms with Crippen molar-refractivity contribution in [3.63, 3.8) is 0 Å². The highest BCUT2D eigenvalue weighted by atomic mass is 19.1. The third kappa shape index (κ3) is 6.02. The van der Waals surface area contributed by atoms with Crippen LogP contribution in [0.25, 0.3) is 11.4 Å². The number of hydrogen-bond donors (Lipinski definition) is 1. The summed E-state index contributed by atoms with van der Waals surface area (Å²) in [6, 6.07) is 7.83. The molecule has 0 unspecified atom stereocenters. The second-order valence-electron chi connectivity index (χ2n) is 8.94. The quantitative estimate of drug-likeness (QED) is 0.472. The second kappa shape index (κ2) is 11.2. The van der Waals surface area contributed by atoms with Gasteiger partial charge < -0.3 is 14.8 Å². The number of methoxy groups -OCH3 is 2. The van der Waals surface area contributed by atoms with Gasteiger partial charge in [-0.25, -0.2) is 9.37 Å². The number of aromatic nitrogens is 5. The summed E-state index contributed by atoms with van der Waals surface area (Å²) in [4.78, 5) is 30.4. The summed E-state index contributed by atoms with van der Waals surface area (Å²) in [5, 5.41) is 15.6. The van der Waals surface area contributed by atoms with Crippen LogP contribution in [0.3, 0.4) is 0 Å². The van der Waals surface area contributed by atoms with Crippen LogP contribution in [0.5, 0.6) is 5.75 Å². The molecule has 0 spiro atoms. The number of rotatable bonds is 8. The van der Waals surface area contributed by atoms with Gasteiger partial charge in [0.05, 0.1) is 26.7 Å². The molecule has 1 aliphatic carbocycles. The molecule has 0 saturated heterocycles. The minimum Gasteiger partial charge on any atom is -0.494 e. The summed E-state index contributed by atoms with van der Waals surface area (Å²) in [6.07, 6.45) is 3.39. The van der Waals surface area contributed by atoms with Gasteiger partial charge in [0.15, 0.2) is 11.6 Å². The number of tetrazole rings is 1. The molecule has 0 atom stereocenters. The molecule has 1 aromatic carbocycles. The SMILES string of the molecule is COc1cc(CNC(=O)c2cc(-c3nnn(C[C@H]4CC[C@H](C(=O)OC)CC4)n3)cc(C)n2)ccc1F. The number of hydrogen-bond acceptors (Lipinski definition) is 8. The molecule has 11 heteroatoms. The number of carbonyl (C=O) groups is 2. The van der Waals surface area contributed by atoms with Crippen LogP contribution in [0.4, 0.5) is 4.39 Å². The van der Waals surface area contributed by atoms with Crippen molar-refractivity contribution in [2.45, 2.75) is 45.7 Å². The zero-order chi connectivity index (χ0) is 25.7. The number of esters is 1. The maximum absolute atomic E-state index is 13.6. The van der Waals surface area contributed by atoms with Gasteiger partial charge in [-0.15, -0.1) is 10.2 Å². The Morgan fingerprint density at radius 1 is 1.14 bits per heavy atom. The molecule has 2 aromatic heterocycles. The summed E-state index contributed by atoms with van der Waals surface area (Å²) in [6.45, 7) is 2.59. The van der Waals surface area contributed by atoms with E-state index in [0.29, 0.717) is 35.1 Å². The summed E-state index contributed by atoms with van der Waals surface area (Å²) in [5.41, 5.74) is 2.19. The van der Waals surface area contributed by atoms with Crippen molar-refractivity contribution < 1.29 is 23.5 Å². The van der Waals surface area contributed by atoms with Gasteiger partial charge in [0.25, 0.3) is 5.91 Å². The second-order valence-corrected chi connectivity index (χ2v) is 8.94. The first-order chi connectivity index (χ1) is 17.4. The van der Waals surface area contributed by atoms with Crippen molar-refractivity contribution in [1.82, 2.24) is 30.5 Å². The number of amides is 1. The zero-order valence-corrected chi connectivity index (χ0v) is 20.5. The average molecular weight is 497 g/mol. The van der Waals surface area contributed by atoms with Crippen LogP contribution in [0.2, 0.25) is 0 Å². The highest BCUT2D eigenvalue weighted by Gasteiger charge is 2.27. The third-order valence-corrected chi connectivity index (χ3v) is 6.37. The van der Waals surface area contributed by atoms with Crippen molar-refractivity contribution >= 4 is 11.9 Å². The van der Waals surface area contributed by atoms with Crippen LogP contribution < -0.4 is 10.1 Å². The predicted molar refractivity (Wildman–Crippen MR) is 127 cm³/mol. The van der Waals surface area contributed by atoms with Crippen LogP contribution in [-0.2, 0) is 22.6 Å². The Kier molecular flexibility index (Phi) is 7.87. The van der Waals surface area contributed by atoms with Crippen molar-refractivity contribution in [3.8, 4) is 17.1 Å². The van der Waals surface area contributed by atoms with E-state index in [-0.39, 0.29) is 35.8 Å². The van der Waals surface area contributed by atoms with Crippen molar-refractivity contribution in [2.75, 3.05) is 14.2 Å². The van der Waals surface area contributed by atoms with E-state index in [0.717, 1.165) is 25.7 Å². The summed E-state index contributed by atoms with van der Waals surface area (Å²) >= 11 is 0. The lowest BCUT2D eigenvalue weighted by Gasteiger charge is -2.26. The highest BCUT2D eigenvalue weighted by molar-refractivity contribution is 5.93. The van der Waals surface area contributed by atoms with E-state index >= 15 is 0 Å². The Morgan fingerprint density at radius 2 is 1.92 bits per heavy atom. The number of pyridine rings is 1. The van der Waals surface area contributed by atoms with Gasteiger partial charge in [-0.3, -0.25) is 9.59 Å². The van der Waals surface area contributed by atoms with Gasteiger partial charge in [-0.2, -0.15) is 4.80 Å². The maximum atomic E-state index is 13.6. The van der Waals surface area contributed by atoms with Crippen LogP contribution in [0.15, 0.2) is 30.3 Å². The smallest absolute Gasteiger partial charge is 0.308 e. The summed E-state index contributed by atoms with van der Waals surface area (Å²) < 4.78 is 23.5. The normalized spacial score (nSPS) is 17.4. The molecule has 0 aliphatic heterocycles. The molecule has 2 heterocycles. The lowest BCUT2D eigenvalue weighted by atomic mass is 9.82. The van der Waals surface area contributed by atoms with E-state index in [2.05, 4.69) is 25.7 Å². The molecule has 0 bridgehead atoms. The molecule has 1 aliphatic rings. The number of ether oxygens (including phenoxy) is 2. The number of halogens is 1. The Morgan fingerprint density at radius 3 is 2.64 bits per heavy atom. The van der Waals surface area contributed by atoms with Gasteiger partial charge in [0, 0.05) is 17.8 Å². The van der Waals surface area contributed by atoms with Crippen LogP contribution >= 0.6 is 0 Å². The Bertz CT molecular complexity index is 1240. The first kappa shape index (κ1) is 25.2. The lowest BCUT2D eigenvalue weighted by molar-refractivity contribution is -0.146. The fourth-order valence-corrected chi connectivity index (χ4v) is 4.42. The van der Waals surface area contributed by atoms with Gasteiger partial charge in [0.2, 0.25) is 5.82 Å². The van der Waals surface area contributed by atoms with E-state index in [4.69, 9.17) is 9.47 Å². The van der Waals surface area contributed by atoms with Gasteiger partial charge in [0.1, 0.15) is 5.69 Å². The van der Waals surface area contributed by atoms with E-state index in [1.165, 1.54) is 26.4 Å². The Labute approximate surface area is 208 Å². The van der Waals surface area contributed by atoms with E-state index in [9.17, 15) is 14.0 Å². The first-order valence-electron chi connectivity index (χ1n) is 11.8. The van der Waals surface area contributed by atoms with E-state index < -0.39 is 5.82 Å². The summed E-state index contributed by atoms with van der Waals surface area (Å²) in [7, 11) is 2.81. The number of benzene rings is 1. The number of nitrogens with one attached hydrogen (secondary N) is 1. The topological polar surface area (TPSA) is 121 Å². The molecular weight excluding hydrogens is 467 g/mol. The molecule has 1 saturated carbocycles. The van der Waals surface area contributed by atoms with Crippen LogP contribution in [0, 0.1) is 24.6 Å². The predicted octanol–water partition coefficient (Wildman–Crippen LogP) is 3.10. The molecule has 0 radical (unpaired) electrons. The fourth-order valence-electron chi connectivity index (χ4n) is 4.42. The van der Waals surface area contributed by atoms with Gasteiger partial charge >= 0.3 is 5.97 Å². The van der Waals surface area contributed by atoms with E-state index in [1.54, 1.807) is 29.9 Å². The van der Waals surface area contributed by atoms with Crippen LogP contribution in [0.1, 0.15) is 47.4 Å².